The minimum atomic E-state index is -0.714. The van der Waals surface area contributed by atoms with E-state index < -0.39 is 5.66 Å². The highest BCUT2D eigenvalue weighted by molar-refractivity contribution is 6.07. The molecule has 0 bridgehead atoms. The molecule has 2 heterocycles. The van der Waals surface area contributed by atoms with Gasteiger partial charge in [0.05, 0.1) is 18.2 Å². The fraction of sp³-hybridized carbons (Fsp3) is 0.591. The third-order valence-corrected chi connectivity index (χ3v) is 6.50. The summed E-state index contributed by atoms with van der Waals surface area (Å²) < 4.78 is 20.5. The summed E-state index contributed by atoms with van der Waals surface area (Å²) in [6.07, 6.45) is 5.84. The van der Waals surface area contributed by atoms with Crippen molar-refractivity contribution in [2.45, 2.75) is 57.5 Å². The van der Waals surface area contributed by atoms with Crippen LogP contribution in [0.3, 0.4) is 0 Å². The van der Waals surface area contributed by atoms with Crippen LogP contribution < -0.4 is 21.3 Å². The van der Waals surface area contributed by atoms with Crippen LogP contribution in [0.15, 0.2) is 28.2 Å². The van der Waals surface area contributed by atoms with Crippen molar-refractivity contribution in [1.29, 1.82) is 0 Å². The highest BCUT2D eigenvalue weighted by atomic mass is 19.1. The van der Waals surface area contributed by atoms with Gasteiger partial charge in [0, 0.05) is 13.1 Å². The van der Waals surface area contributed by atoms with Gasteiger partial charge in [0.2, 0.25) is 11.9 Å². The Morgan fingerprint density at radius 3 is 2.61 bits per heavy atom. The topological polar surface area (TPSA) is 110 Å². The number of carbonyl (C=O) groups excluding carboxylic acids is 1. The molecule has 9 heteroatoms. The number of ether oxygens (including phenoxy) is 1. The average molecular weight is 431 g/mol. The molecule has 1 saturated carbocycles. The van der Waals surface area contributed by atoms with Gasteiger partial charge in [-0.15, -0.1) is 0 Å². The number of nitrogens with two attached hydrogens (primary N) is 2. The molecular weight excluding hydrogens is 399 g/mol. The first kappa shape index (κ1) is 21.4. The van der Waals surface area contributed by atoms with Crippen molar-refractivity contribution in [2.24, 2.45) is 27.4 Å². The van der Waals surface area contributed by atoms with Crippen molar-refractivity contribution in [2.75, 3.05) is 29.5 Å². The van der Waals surface area contributed by atoms with E-state index in [4.69, 9.17) is 16.2 Å². The van der Waals surface area contributed by atoms with Gasteiger partial charge >= 0.3 is 5.97 Å². The third kappa shape index (κ3) is 4.05. The molecule has 1 aliphatic carbocycles. The Hall–Kier alpha value is -2.84. The van der Waals surface area contributed by atoms with Gasteiger partial charge < -0.3 is 21.1 Å². The first-order chi connectivity index (χ1) is 14.9. The minimum Gasteiger partial charge on any atom is -0.466 e. The first-order valence-corrected chi connectivity index (χ1v) is 11.1. The smallest absolute Gasteiger partial charge is 0.309 e. The van der Waals surface area contributed by atoms with Crippen molar-refractivity contribution in [3.63, 3.8) is 0 Å². The van der Waals surface area contributed by atoms with Gasteiger partial charge in [0.1, 0.15) is 17.2 Å². The lowest BCUT2D eigenvalue weighted by molar-refractivity contribution is -0.148. The Labute approximate surface area is 182 Å². The Balaban J connectivity index is 1.67. The third-order valence-electron chi connectivity index (χ3n) is 6.50. The van der Waals surface area contributed by atoms with Gasteiger partial charge in [-0.05, 0) is 57.6 Å². The minimum absolute atomic E-state index is 0.121. The lowest BCUT2D eigenvalue weighted by atomic mass is 9.87. The molecule has 0 atom stereocenters. The molecule has 1 aromatic carbocycles. The summed E-state index contributed by atoms with van der Waals surface area (Å²) in [6.45, 7) is 3.45. The molecule has 2 fully saturated rings. The number of nitrogens with zero attached hydrogens (tertiary/aromatic N) is 4. The number of benzene rings is 1. The maximum absolute atomic E-state index is 15.4. The van der Waals surface area contributed by atoms with Crippen molar-refractivity contribution in [3.05, 3.63) is 24.0 Å². The number of esters is 1. The van der Waals surface area contributed by atoms with Crippen LogP contribution in [0.1, 0.15) is 51.9 Å². The molecule has 0 aromatic heterocycles. The van der Waals surface area contributed by atoms with Gasteiger partial charge in [-0.2, -0.15) is 4.99 Å². The number of hydrogen-bond donors (Lipinski definition) is 2. The van der Waals surface area contributed by atoms with Crippen molar-refractivity contribution >= 4 is 29.3 Å². The summed E-state index contributed by atoms with van der Waals surface area (Å²) in [5.41, 5.74) is 12.7. The summed E-state index contributed by atoms with van der Waals surface area (Å²) in [4.78, 5) is 24.8. The number of guanidine groups is 2. The second kappa shape index (κ2) is 8.72. The van der Waals surface area contributed by atoms with Gasteiger partial charge in [-0.1, -0.05) is 12.5 Å². The molecule has 1 spiro atoms. The normalized spacial score (nSPS) is 21.6. The van der Waals surface area contributed by atoms with Crippen LogP contribution in [-0.4, -0.2) is 43.2 Å². The quantitative estimate of drug-likeness (QED) is 0.711. The van der Waals surface area contributed by atoms with Crippen LogP contribution in [0.5, 0.6) is 0 Å². The van der Waals surface area contributed by atoms with E-state index in [-0.39, 0.29) is 29.6 Å². The number of anilines is 2. The molecule has 0 unspecified atom stereocenters. The number of aliphatic imine (C=N–C) groups is 2. The summed E-state index contributed by atoms with van der Waals surface area (Å²) in [6, 6.07) is 5.04. The van der Waals surface area contributed by atoms with Crippen molar-refractivity contribution in [1.82, 2.24) is 0 Å². The Bertz CT molecular complexity index is 888. The summed E-state index contributed by atoms with van der Waals surface area (Å²) in [7, 11) is 0. The van der Waals surface area contributed by atoms with E-state index in [9.17, 15) is 4.79 Å². The molecule has 2 aliphatic heterocycles. The molecular formula is C22H31FN6O2. The van der Waals surface area contributed by atoms with Crippen molar-refractivity contribution in [3.8, 4) is 0 Å². The molecule has 1 saturated heterocycles. The number of para-hydroxylation sites is 1. The van der Waals surface area contributed by atoms with Gasteiger partial charge in [0.15, 0.2) is 0 Å². The number of piperidine rings is 1. The SMILES string of the molecule is CCOC(=O)C1CCN(c2cccc(F)c2N2C(N)=NC(N)=NC23CCCCC3)CC1. The molecule has 0 amide bonds. The van der Waals surface area contributed by atoms with Crippen LogP contribution in [0.4, 0.5) is 15.8 Å². The summed E-state index contributed by atoms with van der Waals surface area (Å²) in [5, 5.41) is 0. The van der Waals surface area contributed by atoms with Crippen LogP contribution in [0.25, 0.3) is 0 Å². The molecule has 31 heavy (non-hydrogen) atoms. The Kier molecular flexibility index (Phi) is 6.02. The van der Waals surface area contributed by atoms with E-state index in [1.54, 1.807) is 11.0 Å². The number of hydrogen-bond acceptors (Lipinski definition) is 8. The van der Waals surface area contributed by atoms with E-state index in [1.807, 2.05) is 13.0 Å². The largest absolute Gasteiger partial charge is 0.466 e. The van der Waals surface area contributed by atoms with E-state index in [2.05, 4.69) is 14.9 Å². The molecule has 8 nitrogen and oxygen atoms in total. The lowest BCUT2D eigenvalue weighted by Gasteiger charge is -2.47. The Morgan fingerprint density at radius 2 is 1.94 bits per heavy atom. The van der Waals surface area contributed by atoms with Gasteiger partial charge in [-0.3, -0.25) is 9.69 Å². The van der Waals surface area contributed by atoms with E-state index in [0.29, 0.717) is 38.2 Å². The van der Waals surface area contributed by atoms with Crippen molar-refractivity contribution < 1.29 is 13.9 Å². The summed E-state index contributed by atoms with van der Waals surface area (Å²) >= 11 is 0. The lowest BCUT2D eigenvalue weighted by Crippen LogP contribution is -2.59. The molecule has 168 valence electrons. The molecule has 0 radical (unpaired) electrons. The standard InChI is InChI=1S/C22H31FN6O2/c1-2-31-19(30)15-9-13-28(14-10-15)17-8-6-7-16(23)18(17)29-21(25)26-20(24)27-22(29)11-4-3-5-12-22/h6-8,15H,2-5,9-14H2,1H3,(H4,24,25,26,27). The summed E-state index contributed by atoms with van der Waals surface area (Å²) in [5.74, 6) is -0.335. The highest BCUT2D eigenvalue weighted by Gasteiger charge is 2.45. The fourth-order valence-corrected chi connectivity index (χ4v) is 5.04. The molecule has 3 aliphatic rings. The van der Waals surface area contributed by atoms with Crippen LogP contribution in [0.2, 0.25) is 0 Å². The van der Waals surface area contributed by atoms with E-state index >= 15 is 4.39 Å². The number of halogens is 1. The zero-order chi connectivity index (χ0) is 22.0. The van der Waals surface area contributed by atoms with Gasteiger partial charge in [0.25, 0.3) is 0 Å². The van der Waals surface area contributed by atoms with E-state index in [1.165, 1.54) is 6.07 Å². The fourth-order valence-electron chi connectivity index (χ4n) is 5.04. The van der Waals surface area contributed by atoms with Gasteiger partial charge in [-0.25, -0.2) is 9.38 Å². The molecule has 4 N–H and O–H groups in total. The van der Waals surface area contributed by atoms with Crippen LogP contribution in [0, 0.1) is 11.7 Å². The second-order valence-corrected chi connectivity index (χ2v) is 8.44. The predicted molar refractivity (Wildman–Crippen MR) is 120 cm³/mol. The van der Waals surface area contributed by atoms with Crippen LogP contribution in [-0.2, 0) is 9.53 Å². The number of carbonyl (C=O) groups is 1. The highest BCUT2D eigenvalue weighted by Crippen LogP contribution is 2.44. The maximum atomic E-state index is 15.4. The number of rotatable bonds is 4. The van der Waals surface area contributed by atoms with E-state index in [0.717, 1.165) is 37.8 Å². The molecule has 1 aromatic rings. The zero-order valence-electron chi connectivity index (χ0n) is 18.0. The monoisotopic (exact) mass is 430 g/mol. The maximum Gasteiger partial charge on any atom is 0.309 e. The van der Waals surface area contributed by atoms with Crippen LogP contribution >= 0.6 is 0 Å². The zero-order valence-corrected chi connectivity index (χ0v) is 18.0. The average Bonchev–Trinajstić information content (AvgIpc) is 2.75. The second-order valence-electron chi connectivity index (χ2n) is 8.44. The first-order valence-electron chi connectivity index (χ1n) is 11.1. The molecule has 4 rings (SSSR count). The predicted octanol–water partition coefficient (Wildman–Crippen LogP) is 2.72. The Morgan fingerprint density at radius 1 is 1.23 bits per heavy atom.